The Morgan fingerprint density at radius 1 is 0.943 bits per heavy atom. The quantitative estimate of drug-likeness (QED) is 0.369. The molecule has 12 heteroatoms. The Morgan fingerprint density at radius 2 is 1.77 bits per heavy atom. The average Bonchev–Trinajstić information content (AvgIpc) is 2.83. The van der Waals surface area contributed by atoms with Crippen LogP contribution in [0, 0.1) is 11.6 Å². The van der Waals surface area contributed by atoms with Crippen LogP contribution in [-0.2, 0) is 12.7 Å². The van der Waals surface area contributed by atoms with Gasteiger partial charge in [-0.3, -0.25) is 14.8 Å². The fourth-order valence-electron chi connectivity index (χ4n) is 2.98. The van der Waals surface area contributed by atoms with E-state index in [2.05, 4.69) is 30.6 Å². The molecule has 3 aromatic heterocycles. The number of nitrogens with one attached hydrogen (secondary N) is 2. The highest BCUT2D eigenvalue weighted by atomic mass is 19.4. The van der Waals surface area contributed by atoms with E-state index < -0.39 is 29.3 Å². The molecule has 1 amide bonds. The van der Waals surface area contributed by atoms with Gasteiger partial charge in [0.25, 0.3) is 5.91 Å². The van der Waals surface area contributed by atoms with E-state index in [4.69, 9.17) is 0 Å². The molecule has 0 aliphatic heterocycles. The number of anilines is 2. The van der Waals surface area contributed by atoms with E-state index in [0.717, 1.165) is 18.3 Å². The summed E-state index contributed by atoms with van der Waals surface area (Å²) in [6, 6.07) is 8.24. The summed E-state index contributed by atoms with van der Waals surface area (Å²) in [5.41, 5.74) is -0.827. The Bertz CT molecular complexity index is 1360. The summed E-state index contributed by atoms with van der Waals surface area (Å²) in [5, 5.41) is 5.36. The van der Waals surface area contributed by atoms with Gasteiger partial charge in [-0.1, -0.05) is 6.07 Å². The van der Waals surface area contributed by atoms with Crippen LogP contribution >= 0.6 is 0 Å². The molecule has 4 aromatic rings. The van der Waals surface area contributed by atoms with Crippen molar-refractivity contribution in [2.75, 3.05) is 10.6 Å². The highest BCUT2D eigenvalue weighted by molar-refractivity contribution is 6.03. The molecule has 0 spiro atoms. The molecule has 178 valence electrons. The maximum Gasteiger partial charge on any atom is 0.417 e. The highest BCUT2D eigenvalue weighted by Crippen LogP contribution is 2.31. The van der Waals surface area contributed by atoms with E-state index in [9.17, 15) is 26.7 Å². The lowest BCUT2D eigenvalue weighted by molar-refractivity contribution is -0.137. The number of hydrogen-bond acceptors (Lipinski definition) is 6. The molecule has 0 fully saturated rings. The SMILES string of the molecule is O=C(Nc1cccnc1)c1cc(NCc2ccc(F)cc2F)nc(-c2cncc(C(F)(F)F)c2)n1. The van der Waals surface area contributed by atoms with Gasteiger partial charge in [-0.15, -0.1) is 0 Å². The molecule has 1 aromatic carbocycles. The van der Waals surface area contributed by atoms with Crippen LogP contribution in [-0.4, -0.2) is 25.8 Å². The molecule has 0 unspecified atom stereocenters. The van der Waals surface area contributed by atoms with Gasteiger partial charge in [-0.25, -0.2) is 18.7 Å². The van der Waals surface area contributed by atoms with E-state index in [1.165, 1.54) is 24.5 Å². The van der Waals surface area contributed by atoms with Gasteiger partial charge >= 0.3 is 6.18 Å². The minimum absolute atomic E-state index is 0.0208. The van der Waals surface area contributed by atoms with E-state index in [1.54, 1.807) is 12.1 Å². The number of aromatic nitrogens is 4. The molecule has 0 bridgehead atoms. The summed E-state index contributed by atoms with van der Waals surface area (Å²) in [6.45, 7) is -0.146. The number of alkyl halides is 3. The van der Waals surface area contributed by atoms with Crippen molar-refractivity contribution in [3.05, 3.63) is 95.7 Å². The molecule has 0 aliphatic rings. The van der Waals surface area contributed by atoms with Gasteiger partial charge in [-0.2, -0.15) is 13.2 Å². The molecule has 0 saturated heterocycles. The number of nitrogens with zero attached hydrogens (tertiary/aromatic N) is 4. The van der Waals surface area contributed by atoms with Gasteiger partial charge in [0.2, 0.25) is 0 Å². The third-order valence-corrected chi connectivity index (χ3v) is 4.68. The number of carbonyl (C=O) groups is 1. The fraction of sp³-hybridized carbons (Fsp3) is 0.0870. The van der Waals surface area contributed by atoms with Crippen LogP contribution in [0.1, 0.15) is 21.6 Å². The summed E-state index contributed by atoms with van der Waals surface area (Å²) in [6.07, 6.45) is 0.0259. The molecule has 3 heterocycles. The predicted molar refractivity (Wildman–Crippen MR) is 116 cm³/mol. The minimum atomic E-state index is -4.65. The zero-order chi connectivity index (χ0) is 25.0. The van der Waals surface area contributed by atoms with Crippen LogP contribution < -0.4 is 10.6 Å². The van der Waals surface area contributed by atoms with Crippen molar-refractivity contribution in [1.82, 2.24) is 19.9 Å². The molecule has 4 rings (SSSR count). The van der Waals surface area contributed by atoms with Crippen molar-refractivity contribution in [1.29, 1.82) is 0 Å². The third kappa shape index (κ3) is 5.91. The second kappa shape index (κ2) is 9.79. The number of halogens is 5. The van der Waals surface area contributed by atoms with Crippen LogP contribution in [0.4, 0.5) is 33.5 Å². The van der Waals surface area contributed by atoms with Crippen LogP contribution in [0.3, 0.4) is 0 Å². The first kappa shape index (κ1) is 23.7. The Kier molecular flexibility index (Phi) is 6.62. The predicted octanol–water partition coefficient (Wildman–Crippen LogP) is 5.10. The molecule has 7 nitrogen and oxygen atoms in total. The maximum atomic E-state index is 14.0. The second-order valence-corrected chi connectivity index (χ2v) is 7.21. The topological polar surface area (TPSA) is 92.7 Å². The summed E-state index contributed by atoms with van der Waals surface area (Å²) in [7, 11) is 0. The molecule has 35 heavy (non-hydrogen) atoms. The summed E-state index contributed by atoms with van der Waals surface area (Å²) in [5.74, 6) is -2.43. The number of pyridine rings is 2. The van der Waals surface area contributed by atoms with Gasteiger partial charge < -0.3 is 10.6 Å². The van der Waals surface area contributed by atoms with Gasteiger partial charge in [0.1, 0.15) is 23.1 Å². The molecule has 0 saturated carbocycles. The van der Waals surface area contributed by atoms with Crippen LogP contribution in [0.5, 0.6) is 0 Å². The second-order valence-electron chi connectivity index (χ2n) is 7.21. The first-order chi connectivity index (χ1) is 16.7. The van der Waals surface area contributed by atoms with Crippen LogP contribution in [0.15, 0.2) is 67.3 Å². The van der Waals surface area contributed by atoms with Gasteiger partial charge in [0, 0.05) is 48.4 Å². The van der Waals surface area contributed by atoms with E-state index in [1.807, 2.05) is 0 Å². The zero-order valence-electron chi connectivity index (χ0n) is 17.6. The molecule has 0 atom stereocenters. The number of rotatable bonds is 6. The maximum absolute atomic E-state index is 14.0. The van der Waals surface area contributed by atoms with E-state index in [0.29, 0.717) is 18.0 Å². The fourth-order valence-corrected chi connectivity index (χ4v) is 2.98. The van der Waals surface area contributed by atoms with Gasteiger partial charge in [-0.05, 0) is 24.3 Å². The zero-order valence-corrected chi connectivity index (χ0v) is 17.6. The molecular weight excluding hydrogens is 471 g/mol. The molecular formula is C23H15F5N6O. The largest absolute Gasteiger partial charge is 0.417 e. The summed E-state index contributed by atoms with van der Waals surface area (Å²) >= 11 is 0. The van der Waals surface area contributed by atoms with Crippen molar-refractivity contribution in [2.45, 2.75) is 12.7 Å². The van der Waals surface area contributed by atoms with Crippen LogP contribution in [0.25, 0.3) is 11.4 Å². The van der Waals surface area contributed by atoms with Crippen molar-refractivity contribution in [2.24, 2.45) is 0 Å². The smallest absolute Gasteiger partial charge is 0.366 e. The van der Waals surface area contributed by atoms with Crippen LogP contribution in [0.2, 0.25) is 0 Å². The third-order valence-electron chi connectivity index (χ3n) is 4.68. The molecule has 0 radical (unpaired) electrons. The van der Waals surface area contributed by atoms with Crippen molar-refractivity contribution < 1.29 is 26.7 Å². The highest BCUT2D eigenvalue weighted by Gasteiger charge is 2.31. The Labute approximate surface area is 195 Å². The Morgan fingerprint density at radius 3 is 2.49 bits per heavy atom. The van der Waals surface area contributed by atoms with Gasteiger partial charge in [0.05, 0.1) is 17.4 Å². The lowest BCUT2D eigenvalue weighted by Gasteiger charge is -2.12. The first-order valence-electron chi connectivity index (χ1n) is 10.00. The lowest BCUT2D eigenvalue weighted by atomic mass is 10.2. The first-order valence-corrected chi connectivity index (χ1v) is 10.00. The molecule has 2 N–H and O–H groups in total. The van der Waals surface area contributed by atoms with Gasteiger partial charge in [0.15, 0.2) is 5.82 Å². The lowest BCUT2D eigenvalue weighted by Crippen LogP contribution is -2.16. The monoisotopic (exact) mass is 486 g/mol. The molecule has 0 aliphatic carbocycles. The Hall–Kier alpha value is -4.48. The van der Waals surface area contributed by atoms with E-state index >= 15 is 0 Å². The summed E-state index contributed by atoms with van der Waals surface area (Å²) < 4.78 is 66.7. The Balaban J connectivity index is 1.69. The van der Waals surface area contributed by atoms with Crippen molar-refractivity contribution >= 4 is 17.4 Å². The van der Waals surface area contributed by atoms with E-state index in [-0.39, 0.29) is 35.0 Å². The standard InChI is InChI=1S/C23H15F5N6O/c24-16-4-3-13(18(25)7-16)10-31-20-8-19(22(35)32-17-2-1-5-29-12-17)33-21(34-20)14-6-15(11-30-9-14)23(26,27)28/h1-9,11-12H,10H2,(H,32,35)(H,31,33,34). The summed E-state index contributed by atoms with van der Waals surface area (Å²) in [4.78, 5) is 28.5. The van der Waals surface area contributed by atoms with Crippen molar-refractivity contribution in [3.63, 3.8) is 0 Å². The number of hydrogen-bond donors (Lipinski definition) is 2. The normalized spacial score (nSPS) is 11.2. The van der Waals surface area contributed by atoms with Crippen molar-refractivity contribution in [3.8, 4) is 11.4 Å². The minimum Gasteiger partial charge on any atom is -0.366 e. The average molecular weight is 486 g/mol. The number of amides is 1. The number of benzene rings is 1. The number of carbonyl (C=O) groups excluding carboxylic acids is 1.